The van der Waals surface area contributed by atoms with Crippen LogP contribution in [0.15, 0.2) is 36.4 Å². The standard InChI is InChI=1S/C25H30N5O2/c1-15(2)5-7-19-13-30(16(3)14-32-19)17-6-9-22-23(11-17)27-25(26-22)24-20-12-18(31-4)8-10-21(20)28-29-24/h5-6,8-12,15-16,19H,7,13-14H2,1-4H3,(H,26,27)(H,28,29)/t16-,19+/m1/s1. The maximum atomic E-state index is 6.08. The van der Waals surface area contributed by atoms with Gasteiger partial charge in [0.15, 0.2) is 5.82 Å². The smallest absolute Gasteiger partial charge is 0.159 e. The van der Waals surface area contributed by atoms with Gasteiger partial charge in [0.1, 0.15) is 11.4 Å². The molecule has 167 valence electrons. The number of H-pyrrole nitrogens is 2. The van der Waals surface area contributed by atoms with E-state index in [1.54, 1.807) is 7.11 Å². The Morgan fingerprint density at radius 2 is 2.09 bits per heavy atom. The highest BCUT2D eigenvalue weighted by Crippen LogP contribution is 2.31. The van der Waals surface area contributed by atoms with Crippen LogP contribution >= 0.6 is 0 Å². The van der Waals surface area contributed by atoms with Crippen LogP contribution in [0.3, 0.4) is 0 Å². The van der Waals surface area contributed by atoms with Crippen LogP contribution in [0.1, 0.15) is 27.2 Å². The summed E-state index contributed by atoms with van der Waals surface area (Å²) >= 11 is 0. The summed E-state index contributed by atoms with van der Waals surface area (Å²) in [6.45, 7) is 8.27. The van der Waals surface area contributed by atoms with Gasteiger partial charge in [-0.25, -0.2) is 4.98 Å². The lowest BCUT2D eigenvalue weighted by Crippen LogP contribution is -2.48. The molecule has 1 aliphatic heterocycles. The summed E-state index contributed by atoms with van der Waals surface area (Å²) in [6.07, 6.45) is 3.55. The molecular formula is C25H30N5O2. The number of benzene rings is 2. The van der Waals surface area contributed by atoms with Crippen LogP contribution in [0.4, 0.5) is 5.69 Å². The number of methoxy groups -OCH3 is 1. The fourth-order valence-electron chi connectivity index (χ4n) is 4.33. The van der Waals surface area contributed by atoms with E-state index in [9.17, 15) is 0 Å². The molecule has 2 atom stereocenters. The third kappa shape index (κ3) is 3.93. The molecule has 7 heteroatoms. The fraction of sp³-hybridized carbons (Fsp3) is 0.400. The van der Waals surface area contributed by atoms with Crippen molar-refractivity contribution < 1.29 is 9.47 Å². The first-order valence-corrected chi connectivity index (χ1v) is 11.3. The van der Waals surface area contributed by atoms with Gasteiger partial charge < -0.3 is 19.4 Å². The van der Waals surface area contributed by atoms with Gasteiger partial charge in [0, 0.05) is 23.7 Å². The van der Waals surface area contributed by atoms with E-state index >= 15 is 0 Å². The molecule has 1 aliphatic rings. The third-order valence-electron chi connectivity index (χ3n) is 6.17. The molecule has 0 aliphatic carbocycles. The maximum absolute atomic E-state index is 6.08. The molecule has 0 unspecified atom stereocenters. The van der Waals surface area contributed by atoms with Crippen LogP contribution in [0.25, 0.3) is 33.5 Å². The van der Waals surface area contributed by atoms with Crippen LogP contribution in [0, 0.1) is 12.3 Å². The van der Waals surface area contributed by atoms with E-state index in [2.05, 4.69) is 65.5 Å². The van der Waals surface area contributed by atoms with Crippen molar-refractivity contribution in [2.75, 3.05) is 25.2 Å². The van der Waals surface area contributed by atoms with Crippen molar-refractivity contribution in [2.24, 2.45) is 5.92 Å². The molecule has 3 heterocycles. The molecule has 32 heavy (non-hydrogen) atoms. The largest absolute Gasteiger partial charge is 0.497 e. The zero-order valence-electron chi connectivity index (χ0n) is 19.1. The van der Waals surface area contributed by atoms with Crippen LogP contribution in [-0.4, -0.2) is 52.6 Å². The van der Waals surface area contributed by atoms with Crippen molar-refractivity contribution in [2.45, 2.75) is 39.3 Å². The van der Waals surface area contributed by atoms with Gasteiger partial charge >= 0.3 is 0 Å². The predicted octanol–water partition coefficient (Wildman–Crippen LogP) is 4.96. The number of rotatable bonds is 6. The highest BCUT2D eigenvalue weighted by Gasteiger charge is 2.26. The Hall–Kier alpha value is -3.06. The van der Waals surface area contributed by atoms with E-state index in [1.807, 2.05) is 18.2 Å². The van der Waals surface area contributed by atoms with Gasteiger partial charge in [-0.15, -0.1) is 0 Å². The Morgan fingerprint density at radius 1 is 1.22 bits per heavy atom. The van der Waals surface area contributed by atoms with Gasteiger partial charge in [-0.3, -0.25) is 5.10 Å². The van der Waals surface area contributed by atoms with Crippen molar-refractivity contribution in [3.8, 4) is 17.3 Å². The zero-order valence-corrected chi connectivity index (χ0v) is 19.1. The lowest BCUT2D eigenvalue weighted by Gasteiger charge is -2.40. The number of nitrogens with zero attached hydrogens (tertiary/aromatic N) is 3. The van der Waals surface area contributed by atoms with Crippen molar-refractivity contribution in [1.29, 1.82) is 0 Å². The van der Waals surface area contributed by atoms with E-state index in [0.29, 0.717) is 12.0 Å². The summed E-state index contributed by atoms with van der Waals surface area (Å²) < 4.78 is 11.5. The van der Waals surface area contributed by atoms with E-state index < -0.39 is 0 Å². The normalized spacial score (nSPS) is 19.3. The lowest BCUT2D eigenvalue weighted by atomic mass is 10.0. The molecular weight excluding hydrogens is 402 g/mol. The summed E-state index contributed by atoms with van der Waals surface area (Å²) in [4.78, 5) is 10.7. The minimum Gasteiger partial charge on any atom is -0.497 e. The Labute approximate surface area is 188 Å². The Morgan fingerprint density at radius 3 is 2.91 bits per heavy atom. The number of aromatic nitrogens is 4. The second kappa shape index (κ2) is 8.47. The molecule has 4 aromatic rings. The summed E-state index contributed by atoms with van der Waals surface area (Å²) in [6, 6.07) is 12.6. The molecule has 0 amide bonds. The van der Waals surface area contributed by atoms with Gasteiger partial charge in [0.05, 0.1) is 36.4 Å². The topological polar surface area (TPSA) is 79.1 Å². The monoisotopic (exact) mass is 432 g/mol. The van der Waals surface area contributed by atoms with Gasteiger partial charge in [0.2, 0.25) is 0 Å². The van der Waals surface area contributed by atoms with Crippen LogP contribution in [0.5, 0.6) is 5.75 Å². The number of hydrogen-bond donors (Lipinski definition) is 2. The number of fused-ring (bicyclic) bond motifs is 2. The maximum Gasteiger partial charge on any atom is 0.159 e. The molecule has 5 rings (SSSR count). The van der Waals surface area contributed by atoms with Gasteiger partial charge in [-0.05, 0) is 62.1 Å². The molecule has 2 N–H and O–H groups in total. The number of hydrogen-bond acceptors (Lipinski definition) is 5. The average molecular weight is 433 g/mol. The second-order valence-corrected chi connectivity index (χ2v) is 8.94. The first-order chi connectivity index (χ1) is 15.5. The summed E-state index contributed by atoms with van der Waals surface area (Å²) in [5, 5.41) is 8.57. The molecule has 0 bridgehead atoms. The molecule has 7 nitrogen and oxygen atoms in total. The fourth-order valence-corrected chi connectivity index (χ4v) is 4.33. The number of anilines is 1. The van der Waals surface area contributed by atoms with Gasteiger partial charge in [-0.1, -0.05) is 13.8 Å². The SMILES string of the molecule is COc1ccc2[nH]nc(-c3nc4ccc(N5C[C@H](C[CH]C(C)C)OC[C@H]5C)cc4[nH]3)c2c1. The molecule has 1 radical (unpaired) electrons. The lowest BCUT2D eigenvalue weighted by molar-refractivity contribution is 0.0215. The van der Waals surface area contributed by atoms with Crippen molar-refractivity contribution in [3.05, 3.63) is 42.8 Å². The van der Waals surface area contributed by atoms with Gasteiger partial charge in [-0.2, -0.15) is 5.10 Å². The summed E-state index contributed by atoms with van der Waals surface area (Å²) in [7, 11) is 1.67. The Kier molecular flexibility index (Phi) is 5.51. The Bertz CT molecular complexity index is 1230. The first-order valence-electron chi connectivity index (χ1n) is 11.3. The molecule has 1 fully saturated rings. The molecule has 2 aromatic heterocycles. The van der Waals surface area contributed by atoms with Crippen molar-refractivity contribution in [1.82, 2.24) is 20.2 Å². The van der Waals surface area contributed by atoms with E-state index in [0.717, 1.165) is 58.8 Å². The van der Waals surface area contributed by atoms with Crippen LogP contribution < -0.4 is 9.64 Å². The number of ether oxygens (including phenoxy) is 2. The highest BCUT2D eigenvalue weighted by atomic mass is 16.5. The van der Waals surface area contributed by atoms with E-state index in [4.69, 9.17) is 14.5 Å². The van der Waals surface area contributed by atoms with Crippen molar-refractivity contribution >= 4 is 27.6 Å². The number of morpholine rings is 1. The minimum absolute atomic E-state index is 0.229. The molecule has 0 saturated carbocycles. The summed E-state index contributed by atoms with van der Waals surface area (Å²) in [5.74, 6) is 2.12. The number of aromatic amines is 2. The Balaban J connectivity index is 1.44. The predicted molar refractivity (Wildman–Crippen MR) is 128 cm³/mol. The third-order valence-corrected chi connectivity index (χ3v) is 6.17. The summed E-state index contributed by atoms with van der Waals surface area (Å²) in [5.41, 5.74) is 4.86. The van der Waals surface area contributed by atoms with E-state index in [1.165, 1.54) is 5.69 Å². The second-order valence-electron chi connectivity index (χ2n) is 8.94. The molecule has 0 spiro atoms. The minimum atomic E-state index is 0.229. The average Bonchev–Trinajstić information content (AvgIpc) is 3.41. The number of imidazole rings is 1. The van der Waals surface area contributed by atoms with Crippen LogP contribution in [0.2, 0.25) is 0 Å². The number of nitrogens with one attached hydrogen (secondary N) is 2. The van der Waals surface area contributed by atoms with Crippen molar-refractivity contribution in [3.63, 3.8) is 0 Å². The van der Waals surface area contributed by atoms with E-state index in [-0.39, 0.29) is 6.10 Å². The first kappa shape index (κ1) is 20.8. The zero-order chi connectivity index (χ0) is 22.2. The molecule has 1 saturated heterocycles. The van der Waals surface area contributed by atoms with Crippen LogP contribution in [-0.2, 0) is 4.74 Å². The molecule has 2 aromatic carbocycles. The van der Waals surface area contributed by atoms with Gasteiger partial charge in [0.25, 0.3) is 0 Å². The highest BCUT2D eigenvalue weighted by molar-refractivity contribution is 5.94. The quantitative estimate of drug-likeness (QED) is 0.450.